The van der Waals surface area contributed by atoms with Gasteiger partial charge in [-0.15, -0.1) is 0 Å². The van der Waals surface area contributed by atoms with Crippen LogP contribution in [0.5, 0.6) is 0 Å². The quantitative estimate of drug-likeness (QED) is 0.390. The van der Waals surface area contributed by atoms with Crippen molar-refractivity contribution in [2.75, 3.05) is 11.1 Å². The SMILES string of the molecule is Nc1ccc(NC(=O)C=Cc2cccc([N+](=O)[O-])c2)cc1. The minimum Gasteiger partial charge on any atom is -0.399 e. The molecule has 2 aromatic carbocycles. The number of non-ortho nitro benzene ring substituents is 1. The number of nitrogen functional groups attached to an aromatic ring is 1. The molecule has 0 radical (unpaired) electrons. The van der Waals surface area contributed by atoms with Crippen LogP contribution >= 0.6 is 0 Å². The highest BCUT2D eigenvalue weighted by Crippen LogP contribution is 2.14. The molecule has 0 spiro atoms. The molecule has 106 valence electrons. The van der Waals surface area contributed by atoms with Crippen LogP contribution in [0.1, 0.15) is 5.56 Å². The van der Waals surface area contributed by atoms with Gasteiger partial charge < -0.3 is 11.1 Å². The second kappa shape index (κ2) is 6.33. The van der Waals surface area contributed by atoms with Gasteiger partial charge in [0.2, 0.25) is 5.91 Å². The Morgan fingerprint density at radius 3 is 2.57 bits per heavy atom. The van der Waals surface area contributed by atoms with E-state index in [2.05, 4.69) is 5.32 Å². The summed E-state index contributed by atoms with van der Waals surface area (Å²) in [4.78, 5) is 21.9. The Labute approximate surface area is 121 Å². The van der Waals surface area contributed by atoms with Gasteiger partial charge in [-0.25, -0.2) is 0 Å². The molecule has 0 aliphatic heterocycles. The first-order valence-corrected chi connectivity index (χ1v) is 6.13. The first kappa shape index (κ1) is 14.3. The van der Waals surface area contributed by atoms with E-state index in [4.69, 9.17) is 5.73 Å². The molecule has 0 aromatic heterocycles. The minimum atomic E-state index is -0.480. The second-order valence-corrected chi connectivity index (χ2v) is 4.30. The van der Waals surface area contributed by atoms with E-state index in [9.17, 15) is 14.9 Å². The van der Waals surface area contributed by atoms with Crippen LogP contribution in [0, 0.1) is 10.1 Å². The number of amides is 1. The van der Waals surface area contributed by atoms with Crippen molar-refractivity contribution in [2.45, 2.75) is 0 Å². The summed E-state index contributed by atoms with van der Waals surface area (Å²) in [6.07, 6.45) is 2.83. The molecule has 0 bridgehead atoms. The van der Waals surface area contributed by atoms with Crippen molar-refractivity contribution in [3.05, 3.63) is 70.3 Å². The van der Waals surface area contributed by atoms with Crippen LogP contribution in [-0.4, -0.2) is 10.8 Å². The lowest BCUT2D eigenvalue weighted by atomic mass is 10.2. The van der Waals surface area contributed by atoms with Gasteiger partial charge in [0.25, 0.3) is 5.69 Å². The number of carbonyl (C=O) groups is 1. The molecule has 0 heterocycles. The number of rotatable bonds is 4. The van der Waals surface area contributed by atoms with Crippen LogP contribution < -0.4 is 11.1 Å². The number of anilines is 2. The molecule has 6 heteroatoms. The zero-order valence-corrected chi connectivity index (χ0v) is 11.0. The number of nitro groups is 1. The van der Waals surface area contributed by atoms with Crippen LogP contribution in [-0.2, 0) is 4.79 Å². The second-order valence-electron chi connectivity index (χ2n) is 4.30. The van der Waals surface area contributed by atoms with E-state index in [0.717, 1.165) is 0 Å². The van der Waals surface area contributed by atoms with Crippen LogP contribution in [0.25, 0.3) is 6.08 Å². The number of nitrogens with one attached hydrogen (secondary N) is 1. The fraction of sp³-hybridized carbons (Fsp3) is 0. The molecule has 0 saturated carbocycles. The summed E-state index contributed by atoms with van der Waals surface area (Å²) in [5, 5.41) is 13.3. The molecule has 0 fully saturated rings. The van der Waals surface area contributed by atoms with Gasteiger partial charge in [-0.1, -0.05) is 12.1 Å². The summed E-state index contributed by atoms with van der Waals surface area (Å²) < 4.78 is 0. The van der Waals surface area contributed by atoms with Gasteiger partial charge in [-0.2, -0.15) is 0 Å². The van der Waals surface area contributed by atoms with E-state index in [-0.39, 0.29) is 11.6 Å². The van der Waals surface area contributed by atoms with Crippen molar-refractivity contribution >= 4 is 29.0 Å². The van der Waals surface area contributed by atoms with Crippen LogP contribution in [0.3, 0.4) is 0 Å². The summed E-state index contributed by atoms with van der Waals surface area (Å²) in [5.74, 6) is -0.328. The number of nitrogens with zero attached hydrogens (tertiary/aromatic N) is 1. The Kier molecular flexibility index (Phi) is 4.30. The van der Waals surface area contributed by atoms with Gasteiger partial charge >= 0.3 is 0 Å². The van der Waals surface area contributed by atoms with E-state index >= 15 is 0 Å². The average molecular weight is 283 g/mol. The molecule has 0 saturated heterocycles. The third kappa shape index (κ3) is 4.17. The van der Waals surface area contributed by atoms with Crippen LogP contribution in [0.2, 0.25) is 0 Å². The normalized spacial score (nSPS) is 10.5. The zero-order valence-electron chi connectivity index (χ0n) is 11.0. The number of benzene rings is 2. The fourth-order valence-corrected chi connectivity index (χ4v) is 1.66. The van der Waals surface area contributed by atoms with Crippen LogP contribution in [0.4, 0.5) is 17.1 Å². The Morgan fingerprint density at radius 1 is 1.19 bits per heavy atom. The van der Waals surface area contributed by atoms with Crippen molar-refractivity contribution in [3.8, 4) is 0 Å². The van der Waals surface area contributed by atoms with E-state index < -0.39 is 4.92 Å². The lowest BCUT2D eigenvalue weighted by molar-refractivity contribution is -0.384. The van der Waals surface area contributed by atoms with Crippen molar-refractivity contribution < 1.29 is 9.72 Å². The molecule has 3 N–H and O–H groups in total. The van der Waals surface area contributed by atoms with E-state index in [1.54, 1.807) is 36.4 Å². The maximum atomic E-state index is 11.7. The van der Waals surface area contributed by atoms with Crippen molar-refractivity contribution in [2.24, 2.45) is 0 Å². The van der Waals surface area contributed by atoms with E-state index in [1.165, 1.54) is 24.3 Å². The number of nitrogens with two attached hydrogens (primary N) is 1. The lowest BCUT2D eigenvalue weighted by Crippen LogP contribution is -2.07. The van der Waals surface area contributed by atoms with Crippen molar-refractivity contribution in [3.63, 3.8) is 0 Å². The Balaban J connectivity index is 2.03. The smallest absolute Gasteiger partial charge is 0.270 e. The fourth-order valence-electron chi connectivity index (χ4n) is 1.66. The van der Waals surface area contributed by atoms with Gasteiger partial charge in [0.05, 0.1) is 4.92 Å². The number of hydrogen-bond acceptors (Lipinski definition) is 4. The maximum Gasteiger partial charge on any atom is 0.270 e. The minimum absolute atomic E-state index is 0.0175. The number of nitro benzene ring substituents is 1. The van der Waals surface area contributed by atoms with Gasteiger partial charge in [0.1, 0.15) is 0 Å². The molecule has 1 amide bonds. The molecule has 0 aliphatic carbocycles. The van der Waals surface area contributed by atoms with Gasteiger partial charge in [-0.3, -0.25) is 14.9 Å². The highest BCUT2D eigenvalue weighted by atomic mass is 16.6. The summed E-state index contributed by atoms with van der Waals surface area (Å²) in [7, 11) is 0. The van der Waals surface area contributed by atoms with E-state index in [1.807, 2.05) is 0 Å². The summed E-state index contributed by atoms with van der Waals surface area (Å²) in [6, 6.07) is 12.8. The van der Waals surface area contributed by atoms with Crippen molar-refractivity contribution in [1.29, 1.82) is 0 Å². The molecular weight excluding hydrogens is 270 g/mol. The highest BCUT2D eigenvalue weighted by molar-refractivity contribution is 6.02. The van der Waals surface area contributed by atoms with Crippen molar-refractivity contribution in [1.82, 2.24) is 0 Å². The highest BCUT2D eigenvalue weighted by Gasteiger charge is 2.04. The molecule has 0 unspecified atom stereocenters. The number of hydrogen-bond donors (Lipinski definition) is 2. The topological polar surface area (TPSA) is 98.3 Å². The Morgan fingerprint density at radius 2 is 1.90 bits per heavy atom. The van der Waals surface area contributed by atoms with E-state index in [0.29, 0.717) is 16.9 Å². The summed E-state index contributed by atoms with van der Waals surface area (Å²) >= 11 is 0. The number of carbonyl (C=O) groups excluding carboxylic acids is 1. The van der Waals surface area contributed by atoms with Crippen LogP contribution in [0.15, 0.2) is 54.6 Å². The maximum absolute atomic E-state index is 11.7. The van der Waals surface area contributed by atoms with Gasteiger partial charge in [-0.05, 0) is 35.9 Å². The first-order chi connectivity index (χ1) is 10.0. The standard InChI is InChI=1S/C15H13N3O3/c16-12-5-7-13(8-6-12)17-15(19)9-4-11-2-1-3-14(10-11)18(20)21/h1-10H,16H2,(H,17,19). The Bertz CT molecular complexity index is 694. The van der Waals surface area contributed by atoms with Gasteiger partial charge in [0, 0.05) is 29.6 Å². The lowest BCUT2D eigenvalue weighted by Gasteiger charge is -2.02. The van der Waals surface area contributed by atoms with Gasteiger partial charge in [0.15, 0.2) is 0 Å². The largest absolute Gasteiger partial charge is 0.399 e. The summed E-state index contributed by atoms with van der Waals surface area (Å²) in [5.41, 5.74) is 7.35. The third-order valence-corrected chi connectivity index (χ3v) is 2.69. The molecule has 2 aromatic rings. The molecule has 0 atom stereocenters. The molecule has 0 aliphatic rings. The zero-order chi connectivity index (χ0) is 15.2. The Hall–Kier alpha value is -3.15. The third-order valence-electron chi connectivity index (χ3n) is 2.69. The molecular formula is C15H13N3O3. The summed E-state index contributed by atoms with van der Waals surface area (Å²) in [6.45, 7) is 0. The average Bonchev–Trinajstić information content (AvgIpc) is 2.48. The molecule has 6 nitrogen and oxygen atoms in total. The molecule has 21 heavy (non-hydrogen) atoms. The monoisotopic (exact) mass is 283 g/mol. The predicted octanol–water partition coefficient (Wildman–Crippen LogP) is 2.83. The predicted molar refractivity (Wildman–Crippen MR) is 81.6 cm³/mol. The first-order valence-electron chi connectivity index (χ1n) is 6.13. The molecule has 2 rings (SSSR count).